The van der Waals surface area contributed by atoms with E-state index < -0.39 is 72.2 Å². The fourth-order valence-corrected chi connectivity index (χ4v) is 4.23. The predicted octanol–water partition coefficient (Wildman–Crippen LogP) is 0.0347. The summed E-state index contributed by atoms with van der Waals surface area (Å²) in [6.07, 6.45) is -6.96. The van der Waals surface area contributed by atoms with Gasteiger partial charge in [-0.2, -0.15) is 13.2 Å². The molecule has 0 radical (unpaired) electrons. The first-order valence-electron chi connectivity index (χ1n) is 12.8. The first kappa shape index (κ1) is 37.3. The van der Waals surface area contributed by atoms with Crippen molar-refractivity contribution in [2.24, 2.45) is 17.4 Å². The molecule has 0 aromatic rings. The number of aliphatic carboxylic acids is 2. The van der Waals surface area contributed by atoms with Crippen molar-refractivity contribution in [2.45, 2.75) is 102 Å². The van der Waals surface area contributed by atoms with E-state index in [0.29, 0.717) is 19.5 Å². The first-order chi connectivity index (χ1) is 18.5. The molecule has 1 aliphatic heterocycles. The summed E-state index contributed by atoms with van der Waals surface area (Å²) in [5.74, 6) is -6.12. The Labute approximate surface area is 229 Å². The Bertz CT molecular complexity index is 835. The average Bonchev–Trinajstić information content (AvgIpc) is 2.86. The first-order valence-corrected chi connectivity index (χ1v) is 12.8. The summed E-state index contributed by atoms with van der Waals surface area (Å²) in [4.78, 5) is 45.5. The number of rotatable bonds is 13. The third-order valence-corrected chi connectivity index (χ3v) is 6.21. The highest BCUT2D eigenvalue weighted by molar-refractivity contribution is 5.80. The SMILES string of the molecule is CCC(O)C1[C@H](N)[C@@H](NC(C)=O)[C@@H](OC(=O)NCCCCCCN)OC1(C(=O)O)C(O)CC.O=C(O)C(F)(F)F. The Morgan fingerprint density at radius 1 is 1.05 bits per heavy atom. The van der Waals surface area contributed by atoms with Crippen LogP contribution < -0.4 is 22.1 Å². The van der Waals surface area contributed by atoms with Gasteiger partial charge < -0.3 is 52.0 Å². The highest BCUT2D eigenvalue weighted by Crippen LogP contribution is 2.41. The number of halogens is 3. The Hall–Kier alpha value is -2.73. The number of alkyl carbamates (subject to hydrolysis) is 1. The van der Waals surface area contributed by atoms with Gasteiger partial charge in [-0.25, -0.2) is 14.4 Å². The number of carboxylic acid groups (broad SMARTS) is 2. The minimum Gasteiger partial charge on any atom is -0.479 e. The van der Waals surface area contributed by atoms with Crippen LogP contribution in [-0.2, 0) is 23.9 Å². The molecule has 1 saturated heterocycles. The Balaban J connectivity index is 0.00000191. The van der Waals surface area contributed by atoms with Crippen molar-refractivity contribution in [3.63, 3.8) is 0 Å². The fourth-order valence-electron chi connectivity index (χ4n) is 4.23. The predicted molar refractivity (Wildman–Crippen MR) is 133 cm³/mol. The van der Waals surface area contributed by atoms with E-state index in [1.165, 1.54) is 6.92 Å². The van der Waals surface area contributed by atoms with Crippen LogP contribution in [0.15, 0.2) is 0 Å². The third-order valence-electron chi connectivity index (χ3n) is 6.21. The van der Waals surface area contributed by atoms with Gasteiger partial charge in [-0.05, 0) is 32.2 Å². The average molecular weight is 591 g/mol. The second-order valence-corrected chi connectivity index (χ2v) is 9.15. The van der Waals surface area contributed by atoms with E-state index in [2.05, 4.69) is 10.6 Å². The Morgan fingerprint density at radius 2 is 1.60 bits per heavy atom. The van der Waals surface area contributed by atoms with E-state index in [4.69, 9.17) is 30.8 Å². The highest BCUT2D eigenvalue weighted by Gasteiger charge is 2.64. The molecule has 40 heavy (non-hydrogen) atoms. The quantitative estimate of drug-likeness (QED) is 0.133. The number of alkyl halides is 3. The van der Waals surface area contributed by atoms with Crippen molar-refractivity contribution >= 4 is 23.9 Å². The summed E-state index contributed by atoms with van der Waals surface area (Å²) in [6.45, 7) is 5.30. The van der Waals surface area contributed by atoms with Gasteiger partial charge in [-0.3, -0.25) is 4.79 Å². The third kappa shape index (κ3) is 10.7. The molecule has 0 spiro atoms. The smallest absolute Gasteiger partial charge is 0.479 e. The molecular formula is C23H41F3N4O10. The molecule has 234 valence electrons. The van der Waals surface area contributed by atoms with Crippen LogP contribution in [0, 0.1) is 5.92 Å². The fraction of sp³-hybridized carbons (Fsp3) is 0.826. The second-order valence-electron chi connectivity index (χ2n) is 9.15. The van der Waals surface area contributed by atoms with Gasteiger partial charge in [0.1, 0.15) is 6.04 Å². The number of aliphatic hydroxyl groups excluding tert-OH is 2. The summed E-state index contributed by atoms with van der Waals surface area (Å²) in [5.41, 5.74) is 9.43. The maximum atomic E-state index is 12.4. The molecule has 0 aromatic carbocycles. The van der Waals surface area contributed by atoms with Gasteiger partial charge in [-0.1, -0.05) is 26.7 Å². The van der Waals surface area contributed by atoms with Crippen molar-refractivity contribution < 1.29 is 62.2 Å². The number of nitrogens with one attached hydrogen (secondary N) is 2. The minimum absolute atomic E-state index is 0.0293. The lowest BCUT2D eigenvalue weighted by molar-refractivity contribution is -0.288. The largest absolute Gasteiger partial charge is 0.490 e. The van der Waals surface area contributed by atoms with Crippen LogP contribution in [0.3, 0.4) is 0 Å². The molecule has 1 fully saturated rings. The van der Waals surface area contributed by atoms with Crippen molar-refractivity contribution in [1.29, 1.82) is 0 Å². The van der Waals surface area contributed by atoms with E-state index in [0.717, 1.165) is 19.3 Å². The summed E-state index contributed by atoms with van der Waals surface area (Å²) in [5, 5.41) is 43.6. The number of aliphatic hydroxyl groups is 2. The topological polar surface area (TPSA) is 244 Å². The van der Waals surface area contributed by atoms with Crippen molar-refractivity contribution in [3.05, 3.63) is 0 Å². The molecule has 0 bridgehead atoms. The zero-order valence-electron chi connectivity index (χ0n) is 22.6. The number of nitrogens with two attached hydrogens (primary N) is 2. The van der Waals surface area contributed by atoms with Crippen LogP contribution in [0.2, 0.25) is 0 Å². The molecule has 0 aliphatic carbocycles. The number of unbranched alkanes of at least 4 members (excludes halogenated alkanes) is 3. The summed E-state index contributed by atoms with van der Waals surface area (Å²) in [7, 11) is 0. The molecule has 10 N–H and O–H groups in total. The standard InChI is InChI=1S/C21H40N4O8.C2HF3O2/c1-4-13(27)15-16(23)17(25-12(3)26)18(33-21(15,19(29)30)14(28)5-2)32-20(31)24-11-9-7-6-8-10-22;3-2(4,5)1(6)7/h13-18,27-28H,4-11,22-23H2,1-3H3,(H,24,31)(H,25,26)(H,29,30);(H,6,7)/t13?,14?,15?,16-,17+,18-,21?;/m0./s1. The van der Waals surface area contributed by atoms with Gasteiger partial charge in [0.2, 0.25) is 17.8 Å². The zero-order chi connectivity index (χ0) is 31.3. The molecule has 0 saturated carbocycles. The number of carbonyl (C=O) groups is 4. The lowest BCUT2D eigenvalue weighted by Crippen LogP contribution is -2.76. The Morgan fingerprint density at radius 3 is 2.02 bits per heavy atom. The molecule has 4 unspecified atom stereocenters. The maximum Gasteiger partial charge on any atom is 0.490 e. The normalized spacial score (nSPS) is 25.9. The molecule has 2 amide bonds. The Kier molecular flexibility index (Phi) is 16.0. The minimum atomic E-state index is -5.08. The molecule has 7 atom stereocenters. The number of hydrogen-bond donors (Lipinski definition) is 8. The van der Waals surface area contributed by atoms with Crippen LogP contribution in [0.5, 0.6) is 0 Å². The molecule has 1 aliphatic rings. The summed E-state index contributed by atoms with van der Waals surface area (Å²) >= 11 is 0. The lowest BCUT2D eigenvalue weighted by atomic mass is 9.69. The monoisotopic (exact) mass is 590 g/mol. The van der Waals surface area contributed by atoms with Crippen LogP contribution in [-0.4, -0.2) is 99.8 Å². The molecule has 17 heteroatoms. The van der Waals surface area contributed by atoms with Gasteiger partial charge in [-0.15, -0.1) is 0 Å². The van der Waals surface area contributed by atoms with Gasteiger partial charge >= 0.3 is 24.2 Å². The van der Waals surface area contributed by atoms with Crippen molar-refractivity contribution in [2.75, 3.05) is 13.1 Å². The molecule has 14 nitrogen and oxygen atoms in total. The van der Waals surface area contributed by atoms with E-state index in [1.54, 1.807) is 13.8 Å². The molecule has 1 heterocycles. The van der Waals surface area contributed by atoms with E-state index >= 15 is 0 Å². The zero-order valence-corrected chi connectivity index (χ0v) is 22.6. The molecule has 1 rings (SSSR count). The van der Waals surface area contributed by atoms with Crippen LogP contribution in [0.1, 0.15) is 59.3 Å². The van der Waals surface area contributed by atoms with E-state index in [1.807, 2.05) is 0 Å². The van der Waals surface area contributed by atoms with Gasteiger partial charge in [0.25, 0.3) is 0 Å². The van der Waals surface area contributed by atoms with E-state index in [-0.39, 0.29) is 12.8 Å². The van der Waals surface area contributed by atoms with Crippen LogP contribution >= 0.6 is 0 Å². The van der Waals surface area contributed by atoms with Gasteiger partial charge in [0.15, 0.2) is 0 Å². The van der Waals surface area contributed by atoms with Gasteiger partial charge in [0, 0.05) is 25.4 Å². The van der Waals surface area contributed by atoms with Crippen molar-refractivity contribution in [3.8, 4) is 0 Å². The number of hydrogen-bond acceptors (Lipinski definition) is 10. The summed E-state index contributed by atoms with van der Waals surface area (Å²) < 4.78 is 42.8. The number of carbonyl (C=O) groups excluding carboxylic acids is 2. The number of ether oxygens (including phenoxy) is 2. The maximum absolute atomic E-state index is 12.4. The second kappa shape index (κ2) is 17.2. The van der Waals surface area contributed by atoms with Crippen molar-refractivity contribution in [1.82, 2.24) is 10.6 Å². The highest BCUT2D eigenvalue weighted by atomic mass is 19.4. The summed E-state index contributed by atoms with van der Waals surface area (Å²) in [6, 6.07) is -2.36. The van der Waals surface area contributed by atoms with E-state index in [9.17, 15) is 42.9 Å². The number of carboxylic acids is 2. The molecular weight excluding hydrogens is 549 g/mol. The number of amides is 2. The lowest BCUT2D eigenvalue weighted by Gasteiger charge is -2.52. The van der Waals surface area contributed by atoms with Crippen LogP contribution in [0.25, 0.3) is 0 Å². The molecule has 0 aromatic heterocycles. The van der Waals surface area contributed by atoms with Crippen LogP contribution in [0.4, 0.5) is 18.0 Å². The van der Waals surface area contributed by atoms with Gasteiger partial charge in [0.05, 0.1) is 12.2 Å².